The second-order valence-corrected chi connectivity index (χ2v) is 7.52. The monoisotopic (exact) mass is 295 g/mol. The smallest absolute Gasteiger partial charge is 0.231 e. The zero-order valence-electron chi connectivity index (χ0n) is 11.3. The molecule has 1 aliphatic heterocycles. The van der Waals surface area contributed by atoms with Gasteiger partial charge in [0.15, 0.2) is 9.84 Å². The first kappa shape index (κ1) is 13.4. The van der Waals surface area contributed by atoms with Crippen molar-refractivity contribution in [1.29, 1.82) is 0 Å². The highest BCUT2D eigenvalue weighted by atomic mass is 32.2. The summed E-state index contributed by atoms with van der Waals surface area (Å²) in [6.45, 7) is 0. The van der Waals surface area contributed by atoms with Crippen LogP contribution in [0.1, 0.15) is 25.7 Å². The van der Waals surface area contributed by atoms with Gasteiger partial charge in [-0.25, -0.2) is 8.42 Å². The van der Waals surface area contributed by atoms with Crippen LogP contribution in [0.4, 0.5) is 5.69 Å². The molecule has 0 bridgehead atoms. The number of ether oxygens (including phenoxy) is 1. The fourth-order valence-electron chi connectivity index (χ4n) is 3.19. The Bertz CT molecular complexity index is 660. The first-order chi connectivity index (χ1) is 9.47. The molecule has 1 spiro atoms. The number of methoxy groups -OCH3 is 1. The zero-order valence-corrected chi connectivity index (χ0v) is 12.1. The minimum Gasteiger partial charge on any atom is -0.497 e. The second-order valence-electron chi connectivity index (χ2n) is 5.56. The van der Waals surface area contributed by atoms with Crippen molar-refractivity contribution < 1.29 is 17.9 Å². The highest BCUT2D eigenvalue weighted by Crippen LogP contribution is 2.44. The van der Waals surface area contributed by atoms with Gasteiger partial charge in [-0.1, -0.05) is 12.8 Å². The second kappa shape index (κ2) is 4.48. The number of hydrogen-bond acceptors (Lipinski definition) is 4. The molecule has 0 saturated heterocycles. The van der Waals surface area contributed by atoms with Crippen molar-refractivity contribution in [2.24, 2.45) is 5.41 Å². The van der Waals surface area contributed by atoms with Gasteiger partial charge in [-0.3, -0.25) is 4.79 Å². The molecule has 0 unspecified atom stereocenters. The van der Waals surface area contributed by atoms with E-state index in [1.54, 1.807) is 12.1 Å². The molecule has 3 rings (SSSR count). The van der Waals surface area contributed by atoms with Crippen LogP contribution >= 0.6 is 0 Å². The normalized spacial score (nSPS) is 22.9. The van der Waals surface area contributed by atoms with Crippen LogP contribution in [-0.2, 0) is 14.6 Å². The summed E-state index contributed by atoms with van der Waals surface area (Å²) >= 11 is 0. The molecule has 1 fully saturated rings. The van der Waals surface area contributed by atoms with Crippen molar-refractivity contribution in [3.05, 3.63) is 18.2 Å². The standard InChI is InChI=1S/C14H17NO4S/c1-19-10-4-5-12-11(8-10)15-13(16)14(6-2-3-7-14)9-20(12,17)18/h4-5,8H,2-3,6-7,9H2,1H3,(H,15,16). The molecule has 1 aliphatic carbocycles. The van der Waals surface area contributed by atoms with Crippen LogP contribution in [0.3, 0.4) is 0 Å². The number of sulfone groups is 1. The quantitative estimate of drug-likeness (QED) is 0.860. The van der Waals surface area contributed by atoms with E-state index < -0.39 is 15.3 Å². The summed E-state index contributed by atoms with van der Waals surface area (Å²) in [6.07, 6.45) is 3.09. The van der Waals surface area contributed by atoms with Gasteiger partial charge in [0.05, 0.1) is 28.9 Å². The van der Waals surface area contributed by atoms with Gasteiger partial charge in [0.2, 0.25) is 5.91 Å². The van der Waals surface area contributed by atoms with Gasteiger partial charge in [0.25, 0.3) is 0 Å². The Labute approximate surface area is 118 Å². The molecule has 1 heterocycles. The number of amides is 1. The molecule has 1 amide bonds. The average molecular weight is 295 g/mol. The van der Waals surface area contributed by atoms with Crippen molar-refractivity contribution in [1.82, 2.24) is 0 Å². The molecule has 0 aromatic heterocycles. The maximum absolute atomic E-state index is 12.6. The van der Waals surface area contributed by atoms with Gasteiger partial charge in [0, 0.05) is 6.07 Å². The van der Waals surface area contributed by atoms with Crippen LogP contribution in [0.25, 0.3) is 0 Å². The van der Waals surface area contributed by atoms with Gasteiger partial charge < -0.3 is 10.1 Å². The Hall–Kier alpha value is -1.56. The molecule has 1 aromatic carbocycles. The molecular weight excluding hydrogens is 278 g/mol. The summed E-state index contributed by atoms with van der Waals surface area (Å²) in [7, 11) is -1.96. The number of carbonyl (C=O) groups excluding carboxylic acids is 1. The number of anilines is 1. The number of carbonyl (C=O) groups is 1. The van der Waals surface area contributed by atoms with Crippen molar-refractivity contribution in [2.75, 3.05) is 18.2 Å². The molecule has 6 heteroatoms. The minimum atomic E-state index is -3.47. The van der Waals surface area contributed by atoms with Gasteiger partial charge >= 0.3 is 0 Å². The Morgan fingerprint density at radius 2 is 1.95 bits per heavy atom. The Morgan fingerprint density at radius 1 is 1.25 bits per heavy atom. The lowest BCUT2D eigenvalue weighted by Gasteiger charge is -2.23. The number of rotatable bonds is 1. The van der Waals surface area contributed by atoms with Gasteiger partial charge in [-0.05, 0) is 25.0 Å². The SMILES string of the molecule is COc1ccc2c(c1)NC(=O)C1(CCCC1)CS2(=O)=O. The van der Waals surface area contributed by atoms with Crippen molar-refractivity contribution >= 4 is 21.4 Å². The molecular formula is C14H17NO4S. The van der Waals surface area contributed by atoms with E-state index in [9.17, 15) is 13.2 Å². The molecule has 1 N–H and O–H groups in total. The molecule has 20 heavy (non-hydrogen) atoms. The lowest BCUT2D eigenvalue weighted by Crippen LogP contribution is -2.37. The fraction of sp³-hybridized carbons (Fsp3) is 0.500. The molecule has 1 saturated carbocycles. The molecule has 5 nitrogen and oxygen atoms in total. The molecule has 1 aromatic rings. The highest BCUT2D eigenvalue weighted by Gasteiger charge is 2.47. The Kier molecular flexibility index (Phi) is 3.01. The van der Waals surface area contributed by atoms with Crippen LogP contribution in [-0.4, -0.2) is 27.2 Å². The van der Waals surface area contributed by atoms with Crippen molar-refractivity contribution in [3.63, 3.8) is 0 Å². The maximum Gasteiger partial charge on any atom is 0.231 e. The summed E-state index contributed by atoms with van der Waals surface area (Å²) in [5.74, 6) is 0.262. The summed E-state index contributed by atoms with van der Waals surface area (Å²) in [4.78, 5) is 12.7. The van der Waals surface area contributed by atoms with E-state index in [-0.39, 0.29) is 16.6 Å². The van der Waals surface area contributed by atoms with Crippen LogP contribution < -0.4 is 10.1 Å². The van der Waals surface area contributed by atoms with E-state index in [0.29, 0.717) is 24.3 Å². The molecule has 108 valence electrons. The first-order valence-corrected chi connectivity index (χ1v) is 8.34. The van der Waals surface area contributed by atoms with Crippen LogP contribution in [0.15, 0.2) is 23.1 Å². The molecule has 0 atom stereocenters. The topological polar surface area (TPSA) is 72.5 Å². The Morgan fingerprint density at radius 3 is 2.60 bits per heavy atom. The largest absolute Gasteiger partial charge is 0.497 e. The van der Waals surface area contributed by atoms with Gasteiger partial charge in [0.1, 0.15) is 5.75 Å². The number of benzene rings is 1. The van der Waals surface area contributed by atoms with E-state index in [2.05, 4.69) is 5.32 Å². The lowest BCUT2D eigenvalue weighted by molar-refractivity contribution is -0.124. The van der Waals surface area contributed by atoms with E-state index in [1.807, 2.05) is 0 Å². The molecule has 0 radical (unpaired) electrons. The number of nitrogens with one attached hydrogen (secondary N) is 1. The lowest BCUT2D eigenvalue weighted by atomic mass is 9.87. The highest BCUT2D eigenvalue weighted by molar-refractivity contribution is 7.91. The minimum absolute atomic E-state index is 0.0921. The van der Waals surface area contributed by atoms with Crippen LogP contribution in [0.5, 0.6) is 5.75 Å². The third-order valence-corrected chi connectivity index (χ3v) is 6.24. The fourth-order valence-corrected chi connectivity index (χ4v) is 5.21. The summed E-state index contributed by atoms with van der Waals surface area (Å²) in [5, 5.41) is 2.79. The van der Waals surface area contributed by atoms with Crippen LogP contribution in [0, 0.1) is 5.41 Å². The van der Waals surface area contributed by atoms with Crippen molar-refractivity contribution in [2.45, 2.75) is 30.6 Å². The third kappa shape index (κ3) is 1.98. The number of fused-ring (bicyclic) bond motifs is 1. The van der Waals surface area contributed by atoms with E-state index in [4.69, 9.17) is 4.74 Å². The third-order valence-electron chi connectivity index (χ3n) is 4.28. The summed E-state index contributed by atoms with van der Waals surface area (Å²) < 4.78 is 30.2. The zero-order chi connectivity index (χ0) is 14.4. The van der Waals surface area contributed by atoms with E-state index >= 15 is 0 Å². The summed E-state index contributed by atoms with van der Waals surface area (Å²) in [6, 6.07) is 4.69. The Balaban J connectivity index is 2.13. The van der Waals surface area contributed by atoms with Gasteiger partial charge in [-0.15, -0.1) is 0 Å². The molecule has 2 aliphatic rings. The maximum atomic E-state index is 12.6. The van der Waals surface area contributed by atoms with E-state index in [0.717, 1.165) is 12.8 Å². The predicted octanol–water partition coefficient (Wildman–Crippen LogP) is 1.98. The van der Waals surface area contributed by atoms with Crippen molar-refractivity contribution in [3.8, 4) is 5.75 Å². The predicted molar refractivity (Wildman–Crippen MR) is 74.6 cm³/mol. The van der Waals surface area contributed by atoms with E-state index in [1.165, 1.54) is 13.2 Å². The van der Waals surface area contributed by atoms with Gasteiger partial charge in [-0.2, -0.15) is 0 Å². The number of hydrogen-bond donors (Lipinski definition) is 1. The van der Waals surface area contributed by atoms with Crippen LogP contribution in [0.2, 0.25) is 0 Å². The first-order valence-electron chi connectivity index (χ1n) is 6.69. The average Bonchev–Trinajstić information content (AvgIpc) is 2.84. The summed E-state index contributed by atoms with van der Waals surface area (Å²) in [5.41, 5.74) is -0.427.